The zero-order valence-electron chi connectivity index (χ0n) is 22.1. The Morgan fingerprint density at radius 2 is 1.77 bits per heavy atom. The number of sulfonamides is 1. The monoisotopic (exact) mass is 589 g/mol. The second-order valence-corrected chi connectivity index (χ2v) is 12.3. The van der Waals surface area contributed by atoms with Crippen LogP contribution in [0.5, 0.6) is 0 Å². The summed E-state index contributed by atoms with van der Waals surface area (Å²) in [6, 6.07) is 15.1. The number of halogens is 2. The Labute approximate surface area is 240 Å². The molecule has 0 spiro atoms. The van der Waals surface area contributed by atoms with E-state index in [2.05, 4.69) is 5.32 Å². The first-order chi connectivity index (χ1) is 18.7. The molecule has 208 valence electrons. The molecule has 0 fully saturated rings. The van der Waals surface area contributed by atoms with Gasteiger partial charge in [-0.2, -0.15) is 0 Å². The molecule has 1 aliphatic rings. The van der Waals surface area contributed by atoms with E-state index in [1.54, 1.807) is 41.3 Å². The normalized spacial score (nSPS) is 14.4. The molecule has 39 heavy (non-hydrogen) atoms. The van der Waals surface area contributed by atoms with E-state index in [-0.39, 0.29) is 36.2 Å². The van der Waals surface area contributed by atoms with Crippen LogP contribution in [-0.2, 0) is 26.2 Å². The molecule has 1 aliphatic heterocycles. The smallest absolute Gasteiger partial charge is 0.265 e. The molecule has 1 N–H and O–H groups in total. The second kappa shape index (κ2) is 12.6. The third kappa shape index (κ3) is 6.18. The third-order valence-corrected chi connectivity index (χ3v) is 9.45. The van der Waals surface area contributed by atoms with Crippen LogP contribution in [0, 0.1) is 0 Å². The number of benzene rings is 3. The van der Waals surface area contributed by atoms with Crippen molar-refractivity contribution in [2.45, 2.75) is 63.4 Å². The van der Waals surface area contributed by atoms with E-state index in [1.807, 2.05) is 32.0 Å². The molecule has 0 aliphatic carbocycles. The molecule has 1 unspecified atom stereocenters. The molecule has 2 amide bonds. The van der Waals surface area contributed by atoms with Gasteiger partial charge < -0.3 is 10.2 Å². The Morgan fingerprint density at radius 3 is 2.46 bits per heavy atom. The fourth-order valence-electron chi connectivity index (χ4n) is 4.98. The standard InChI is InChI=1S/C29H33Cl2N3O4S/c1-3-5-16-32-29(36)24(4-2)33(19-21-14-15-22(30)18-23(21)31)27(35)13-8-17-34-25-11-6-9-20-10-7-12-26(28(20)25)39(34,37)38/h6-7,9-12,14-15,18,24H,3-5,8,13,16-17,19H2,1-2H3,(H,32,36). The lowest BCUT2D eigenvalue weighted by Crippen LogP contribution is -2.49. The van der Waals surface area contributed by atoms with E-state index in [1.165, 1.54) is 4.31 Å². The van der Waals surface area contributed by atoms with Gasteiger partial charge in [0.2, 0.25) is 11.8 Å². The lowest BCUT2D eigenvalue weighted by molar-refractivity contribution is -0.141. The first-order valence-electron chi connectivity index (χ1n) is 13.2. The number of hydrogen-bond donors (Lipinski definition) is 1. The van der Waals surface area contributed by atoms with Gasteiger partial charge in [0, 0.05) is 41.5 Å². The maximum atomic E-state index is 13.6. The predicted molar refractivity (Wildman–Crippen MR) is 157 cm³/mol. The van der Waals surface area contributed by atoms with Crippen molar-refractivity contribution in [3.05, 3.63) is 70.2 Å². The number of rotatable bonds is 12. The lowest BCUT2D eigenvalue weighted by Gasteiger charge is -2.31. The van der Waals surface area contributed by atoms with Gasteiger partial charge in [-0.1, -0.05) is 73.8 Å². The molecule has 0 bridgehead atoms. The van der Waals surface area contributed by atoms with Crippen LogP contribution >= 0.6 is 23.2 Å². The number of amides is 2. The molecule has 0 aromatic heterocycles. The second-order valence-electron chi connectivity index (χ2n) is 9.64. The molecule has 0 saturated heterocycles. The molecule has 10 heteroatoms. The highest BCUT2D eigenvalue weighted by Gasteiger charge is 2.35. The zero-order valence-corrected chi connectivity index (χ0v) is 24.5. The minimum atomic E-state index is -3.71. The topological polar surface area (TPSA) is 86.8 Å². The Hall–Kier alpha value is -2.81. The Kier molecular flexibility index (Phi) is 9.41. The summed E-state index contributed by atoms with van der Waals surface area (Å²) < 4.78 is 28.0. The van der Waals surface area contributed by atoms with E-state index < -0.39 is 16.1 Å². The van der Waals surface area contributed by atoms with Crippen LogP contribution < -0.4 is 9.62 Å². The molecular formula is C29H33Cl2N3O4S. The fourth-order valence-corrected chi connectivity index (χ4v) is 7.19. The number of carbonyl (C=O) groups excluding carboxylic acids is 2. The summed E-state index contributed by atoms with van der Waals surface area (Å²) in [5, 5.41) is 5.40. The van der Waals surface area contributed by atoms with Gasteiger partial charge in [-0.15, -0.1) is 0 Å². The number of unbranched alkanes of at least 4 members (excludes halogenated alkanes) is 1. The molecule has 1 heterocycles. The highest BCUT2D eigenvalue weighted by atomic mass is 35.5. The maximum absolute atomic E-state index is 13.6. The average molecular weight is 591 g/mol. The van der Waals surface area contributed by atoms with Crippen molar-refractivity contribution in [3.8, 4) is 0 Å². The Bertz CT molecular complexity index is 1470. The molecule has 3 aromatic rings. The number of hydrogen-bond acceptors (Lipinski definition) is 4. The number of anilines is 1. The van der Waals surface area contributed by atoms with Gasteiger partial charge in [0.1, 0.15) is 6.04 Å². The first-order valence-corrected chi connectivity index (χ1v) is 15.4. The van der Waals surface area contributed by atoms with Crippen LogP contribution in [0.1, 0.15) is 51.5 Å². The maximum Gasteiger partial charge on any atom is 0.265 e. The first kappa shape index (κ1) is 29.2. The van der Waals surface area contributed by atoms with Crippen LogP contribution in [0.4, 0.5) is 5.69 Å². The quantitative estimate of drug-likeness (QED) is 0.256. The summed E-state index contributed by atoms with van der Waals surface area (Å²) in [7, 11) is -3.71. The zero-order chi connectivity index (χ0) is 28.2. The van der Waals surface area contributed by atoms with Gasteiger partial charge in [0.05, 0.1) is 10.6 Å². The summed E-state index contributed by atoms with van der Waals surface area (Å²) in [6.45, 7) is 4.73. The van der Waals surface area contributed by atoms with Crippen molar-refractivity contribution < 1.29 is 18.0 Å². The SMILES string of the molecule is CCCCNC(=O)C(CC)N(Cc1ccc(Cl)cc1Cl)C(=O)CCCN1c2cccc3cccc(c23)S1(=O)=O. The van der Waals surface area contributed by atoms with Crippen LogP contribution in [0.3, 0.4) is 0 Å². The Balaban J connectivity index is 1.52. The van der Waals surface area contributed by atoms with Gasteiger partial charge >= 0.3 is 0 Å². The fraction of sp³-hybridized carbons (Fsp3) is 0.379. The van der Waals surface area contributed by atoms with E-state index >= 15 is 0 Å². The van der Waals surface area contributed by atoms with Crippen LogP contribution in [-0.4, -0.2) is 44.3 Å². The molecule has 3 aromatic carbocycles. The van der Waals surface area contributed by atoms with E-state index in [4.69, 9.17) is 23.2 Å². The largest absolute Gasteiger partial charge is 0.354 e. The summed E-state index contributed by atoms with van der Waals surface area (Å²) >= 11 is 12.5. The highest BCUT2D eigenvalue weighted by Crippen LogP contribution is 2.42. The highest BCUT2D eigenvalue weighted by molar-refractivity contribution is 7.93. The lowest BCUT2D eigenvalue weighted by atomic mass is 10.1. The summed E-state index contributed by atoms with van der Waals surface area (Å²) in [5.74, 6) is -0.459. The van der Waals surface area contributed by atoms with Gasteiger partial charge in [-0.05, 0) is 54.5 Å². The Morgan fingerprint density at radius 1 is 1.03 bits per heavy atom. The molecule has 0 saturated carbocycles. The molecule has 4 rings (SSSR count). The number of carbonyl (C=O) groups is 2. The van der Waals surface area contributed by atoms with E-state index in [0.29, 0.717) is 46.1 Å². The van der Waals surface area contributed by atoms with Crippen molar-refractivity contribution in [2.75, 3.05) is 17.4 Å². The van der Waals surface area contributed by atoms with E-state index in [0.717, 1.165) is 18.2 Å². The van der Waals surface area contributed by atoms with Gasteiger partial charge in [-0.25, -0.2) is 8.42 Å². The third-order valence-electron chi connectivity index (χ3n) is 7.00. The van der Waals surface area contributed by atoms with Crippen LogP contribution in [0.15, 0.2) is 59.5 Å². The summed E-state index contributed by atoms with van der Waals surface area (Å²) in [5.41, 5.74) is 1.31. The van der Waals surface area contributed by atoms with Gasteiger partial charge in [0.25, 0.3) is 10.0 Å². The molecule has 1 atom stereocenters. The summed E-state index contributed by atoms with van der Waals surface area (Å²) in [4.78, 5) is 28.5. The van der Waals surface area contributed by atoms with Crippen molar-refractivity contribution in [2.24, 2.45) is 0 Å². The predicted octanol–water partition coefficient (Wildman–Crippen LogP) is 6.16. The number of nitrogens with zero attached hydrogens (tertiary/aromatic N) is 2. The van der Waals surface area contributed by atoms with Gasteiger partial charge in [-0.3, -0.25) is 13.9 Å². The molecule has 0 radical (unpaired) electrons. The molecule has 7 nitrogen and oxygen atoms in total. The minimum absolute atomic E-state index is 0.0717. The van der Waals surface area contributed by atoms with Crippen molar-refractivity contribution in [1.82, 2.24) is 10.2 Å². The minimum Gasteiger partial charge on any atom is -0.354 e. The van der Waals surface area contributed by atoms with Gasteiger partial charge in [0.15, 0.2) is 0 Å². The number of nitrogens with one attached hydrogen (secondary N) is 1. The molecular weight excluding hydrogens is 557 g/mol. The van der Waals surface area contributed by atoms with Crippen molar-refractivity contribution >= 4 is 61.5 Å². The van der Waals surface area contributed by atoms with Crippen molar-refractivity contribution in [1.29, 1.82) is 0 Å². The van der Waals surface area contributed by atoms with E-state index in [9.17, 15) is 18.0 Å². The van der Waals surface area contributed by atoms with Crippen LogP contribution in [0.2, 0.25) is 10.0 Å². The van der Waals surface area contributed by atoms with Crippen molar-refractivity contribution in [3.63, 3.8) is 0 Å². The summed E-state index contributed by atoms with van der Waals surface area (Å²) in [6.07, 6.45) is 2.58. The average Bonchev–Trinajstić information content (AvgIpc) is 3.13. The van der Waals surface area contributed by atoms with Crippen LogP contribution in [0.25, 0.3) is 10.8 Å².